The zero-order chi connectivity index (χ0) is 10.1. The molecule has 2 rings (SSSR count). The molecule has 3 nitrogen and oxygen atoms in total. The largest absolute Gasteiger partial charge is 0.508 e. The molecule has 1 aliphatic rings. The molecule has 74 valence electrons. The van der Waals surface area contributed by atoms with Crippen molar-refractivity contribution >= 4 is 16.8 Å². The molecule has 1 unspecified atom stereocenters. The normalized spacial score (nSPS) is 21.1. The summed E-state index contributed by atoms with van der Waals surface area (Å²) in [6, 6.07) is 7.33. The highest BCUT2D eigenvalue weighted by Crippen LogP contribution is 2.31. The molecule has 0 saturated heterocycles. The molecule has 1 aliphatic heterocycles. The van der Waals surface area contributed by atoms with Crippen LogP contribution in [0.1, 0.15) is 18.0 Å². The average Bonchev–Trinajstić information content (AvgIpc) is 2.45. The minimum absolute atomic E-state index is 0.148. The average molecular weight is 211 g/mol. The summed E-state index contributed by atoms with van der Waals surface area (Å²) in [4.78, 5) is 0. The molecule has 0 bridgehead atoms. The quantitative estimate of drug-likeness (QED) is 0.772. The molecule has 0 radical (unpaired) electrons. The molecule has 0 spiro atoms. The van der Waals surface area contributed by atoms with E-state index in [-0.39, 0.29) is 11.8 Å². The Bertz CT molecular complexity index is 378. The van der Waals surface area contributed by atoms with Crippen LogP contribution in [0.4, 0.5) is 0 Å². The van der Waals surface area contributed by atoms with Crippen LogP contribution in [-0.2, 0) is 0 Å². The van der Waals surface area contributed by atoms with Crippen LogP contribution < -0.4 is 0 Å². The second-order valence-electron chi connectivity index (χ2n) is 3.36. The molecular weight excluding hydrogens is 200 g/mol. The molecule has 1 atom stereocenters. The fourth-order valence-corrected chi connectivity index (χ4v) is 1.90. The van der Waals surface area contributed by atoms with Crippen LogP contribution in [-0.4, -0.2) is 22.3 Å². The van der Waals surface area contributed by atoms with Gasteiger partial charge in [0, 0.05) is 13.5 Å². The molecule has 0 fully saturated rings. The zero-order valence-corrected chi connectivity index (χ0v) is 8.57. The van der Waals surface area contributed by atoms with E-state index in [2.05, 4.69) is 5.10 Å². The molecular formula is C10H11ClN2O. The highest BCUT2D eigenvalue weighted by molar-refractivity contribution is 6.65. The third-order valence-corrected chi connectivity index (χ3v) is 2.56. The molecule has 0 amide bonds. The number of hydrogen-bond donors (Lipinski definition) is 1. The Morgan fingerprint density at radius 2 is 2.36 bits per heavy atom. The van der Waals surface area contributed by atoms with Crippen molar-refractivity contribution in [2.24, 2.45) is 5.10 Å². The van der Waals surface area contributed by atoms with E-state index in [0.717, 1.165) is 5.56 Å². The summed E-state index contributed by atoms with van der Waals surface area (Å²) >= 11 is 5.84. The Hall–Kier alpha value is -1.22. The number of halogens is 1. The van der Waals surface area contributed by atoms with Gasteiger partial charge in [0.05, 0.1) is 6.04 Å². The highest BCUT2D eigenvalue weighted by Gasteiger charge is 2.24. The lowest BCUT2D eigenvalue weighted by Crippen LogP contribution is -2.13. The number of hydrazone groups is 1. The Kier molecular flexibility index (Phi) is 2.33. The maximum atomic E-state index is 9.34. The highest BCUT2D eigenvalue weighted by atomic mass is 35.5. The van der Waals surface area contributed by atoms with E-state index in [1.807, 2.05) is 24.2 Å². The van der Waals surface area contributed by atoms with Gasteiger partial charge >= 0.3 is 0 Å². The van der Waals surface area contributed by atoms with Crippen LogP contribution in [0.15, 0.2) is 29.4 Å². The fraction of sp³-hybridized carbons (Fsp3) is 0.300. The van der Waals surface area contributed by atoms with Crippen LogP contribution in [0.3, 0.4) is 0 Å². The van der Waals surface area contributed by atoms with Crippen LogP contribution in [0.5, 0.6) is 5.75 Å². The lowest BCUT2D eigenvalue weighted by atomic mass is 10.0. The molecule has 1 N–H and O–H groups in total. The van der Waals surface area contributed by atoms with Gasteiger partial charge in [-0.15, -0.1) is 0 Å². The van der Waals surface area contributed by atoms with Crippen LogP contribution in [0.25, 0.3) is 0 Å². The smallest absolute Gasteiger partial charge is 0.128 e. The third kappa shape index (κ3) is 1.68. The number of aromatic hydroxyl groups is 1. The van der Waals surface area contributed by atoms with E-state index in [1.54, 1.807) is 12.1 Å². The minimum Gasteiger partial charge on any atom is -0.508 e. The van der Waals surface area contributed by atoms with E-state index in [9.17, 15) is 5.11 Å². The fourth-order valence-electron chi connectivity index (χ4n) is 1.64. The van der Waals surface area contributed by atoms with Gasteiger partial charge < -0.3 is 5.11 Å². The van der Waals surface area contributed by atoms with Gasteiger partial charge in [0.1, 0.15) is 10.9 Å². The van der Waals surface area contributed by atoms with Crippen molar-refractivity contribution in [1.29, 1.82) is 0 Å². The maximum absolute atomic E-state index is 9.34. The SMILES string of the molecule is CN1N=C(Cl)CC1c1cccc(O)c1. The van der Waals surface area contributed by atoms with Crippen LogP contribution >= 0.6 is 11.6 Å². The molecule has 4 heteroatoms. The maximum Gasteiger partial charge on any atom is 0.128 e. The van der Waals surface area contributed by atoms with Gasteiger partial charge in [0.15, 0.2) is 0 Å². The summed E-state index contributed by atoms with van der Waals surface area (Å²) in [5.41, 5.74) is 1.03. The topological polar surface area (TPSA) is 35.8 Å². The first kappa shape index (κ1) is 9.34. The van der Waals surface area contributed by atoms with Gasteiger partial charge in [0.25, 0.3) is 0 Å². The molecule has 14 heavy (non-hydrogen) atoms. The van der Waals surface area contributed by atoms with Gasteiger partial charge in [-0.25, -0.2) is 0 Å². The molecule has 0 aromatic heterocycles. The molecule has 1 heterocycles. The monoisotopic (exact) mass is 210 g/mol. The second-order valence-corrected chi connectivity index (χ2v) is 3.80. The standard InChI is InChI=1S/C10H11ClN2O/c1-13-9(6-10(11)12-13)7-3-2-4-8(14)5-7/h2-5,9,14H,6H2,1H3. The van der Waals surface area contributed by atoms with Crippen molar-refractivity contribution in [2.45, 2.75) is 12.5 Å². The number of nitrogens with zero attached hydrogens (tertiary/aromatic N) is 2. The Morgan fingerprint density at radius 1 is 1.57 bits per heavy atom. The zero-order valence-electron chi connectivity index (χ0n) is 7.81. The predicted molar refractivity (Wildman–Crippen MR) is 56.5 cm³/mol. The number of hydrogen-bond acceptors (Lipinski definition) is 3. The van der Waals surface area contributed by atoms with Gasteiger partial charge in [-0.1, -0.05) is 23.7 Å². The summed E-state index contributed by atoms with van der Waals surface area (Å²) in [5.74, 6) is 0.277. The Labute approximate surface area is 87.6 Å². The number of phenols is 1. The summed E-state index contributed by atoms with van der Waals surface area (Å²) in [5, 5.41) is 15.9. The Morgan fingerprint density at radius 3 is 2.93 bits per heavy atom. The van der Waals surface area contributed by atoms with Gasteiger partial charge in [-0.2, -0.15) is 5.10 Å². The van der Waals surface area contributed by atoms with Gasteiger partial charge in [-0.05, 0) is 17.7 Å². The summed E-state index contributed by atoms with van der Waals surface area (Å²) in [7, 11) is 1.88. The van der Waals surface area contributed by atoms with Crippen LogP contribution in [0.2, 0.25) is 0 Å². The first-order valence-corrected chi connectivity index (χ1v) is 4.79. The van der Waals surface area contributed by atoms with Crippen molar-refractivity contribution in [2.75, 3.05) is 7.05 Å². The van der Waals surface area contributed by atoms with Crippen molar-refractivity contribution in [3.8, 4) is 5.75 Å². The first-order chi connectivity index (χ1) is 6.66. The third-order valence-electron chi connectivity index (χ3n) is 2.33. The van der Waals surface area contributed by atoms with E-state index in [0.29, 0.717) is 11.6 Å². The van der Waals surface area contributed by atoms with E-state index < -0.39 is 0 Å². The summed E-state index contributed by atoms with van der Waals surface area (Å²) in [6.07, 6.45) is 0.710. The van der Waals surface area contributed by atoms with Crippen molar-refractivity contribution in [1.82, 2.24) is 5.01 Å². The second kappa shape index (κ2) is 3.50. The Balaban J connectivity index is 2.25. The van der Waals surface area contributed by atoms with Crippen LogP contribution in [0, 0.1) is 0 Å². The lowest BCUT2D eigenvalue weighted by molar-refractivity contribution is 0.289. The first-order valence-electron chi connectivity index (χ1n) is 4.41. The number of rotatable bonds is 1. The van der Waals surface area contributed by atoms with Crippen molar-refractivity contribution in [3.05, 3.63) is 29.8 Å². The molecule has 1 aromatic carbocycles. The number of phenolic OH excluding ortho intramolecular Hbond substituents is 1. The molecule has 0 aliphatic carbocycles. The van der Waals surface area contributed by atoms with Gasteiger partial charge in [0.2, 0.25) is 0 Å². The minimum atomic E-state index is 0.148. The summed E-state index contributed by atoms with van der Waals surface area (Å²) in [6.45, 7) is 0. The van der Waals surface area contributed by atoms with E-state index >= 15 is 0 Å². The lowest BCUT2D eigenvalue weighted by Gasteiger charge is -2.18. The van der Waals surface area contributed by atoms with E-state index in [4.69, 9.17) is 11.6 Å². The van der Waals surface area contributed by atoms with Crippen molar-refractivity contribution < 1.29 is 5.11 Å². The number of benzene rings is 1. The molecule has 1 aromatic rings. The van der Waals surface area contributed by atoms with Crippen molar-refractivity contribution in [3.63, 3.8) is 0 Å². The predicted octanol–water partition coefficient (Wildman–Crippen LogP) is 2.32. The van der Waals surface area contributed by atoms with Gasteiger partial charge in [-0.3, -0.25) is 5.01 Å². The van der Waals surface area contributed by atoms with E-state index in [1.165, 1.54) is 0 Å². The molecule has 0 saturated carbocycles. The summed E-state index contributed by atoms with van der Waals surface area (Å²) < 4.78 is 0.